The van der Waals surface area contributed by atoms with E-state index >= 15 is 0 Å². The van der Waals surface area contributed by atoms with Gasteiger partial charge in [-0.1, -0.05) is 72.8 Å². The molecule has 38 heavy (non-hydrogen) atoms. The number of rotatable bonds is 6. The smallest absolute Gasteiger partial charge is 0.266 e. The Hall–Kier alpha value is -4.90. The molecule has 0 fully saturated rings. The van der Waals surface area contributed by atoms with Crippen LogP contribution in [0, 0.1) is 6.92 Å². The molecule has 0 aliphatic heterocycles. The molecule has 0 unspecified atom stereocenters. The Morgan fingerprint density at radius 1 is 0.789 bits per heavy atom. The summed E-state index contributed by atoms with van der Waals surface area (Å²) >= 11 is 0. The molecule has 0 aliphatic rings. The second-order valence-electron chi connectivity index (χ2n) is 9.22. The van der Waals surface area contributed by atoms with Crippen LogP contribution in [-0.2, 0) is 6.54 Å². The Bertz CT molecular complexity index is 1860. The normalized spacial score (nSPS) is 11.5. The maximum Gasteiger partial charge on any atom is 0.266 e. The minimum absolute atomic E-state index is 0.136. The average Bonchev–Trinajstić information content (AvgIpc) is 3.22. The SMILES string of the molecule is COc1ccccc1-n1c(C=Cc2c(C)n(Cc3ccccc3)c3ccccc23)nc2ccccc2c1=O. The molecule has 0 saturated carbocycles. The maximum absolute atomic E-state index is 13.7. The lowest BCUT2D eigenvalue weighted by Gasteiger charge is -2.14. The van der Waals surface area contributed by atoms with Crippen LogP contribution in [0.15, 0.2) is 108 Å². The highest BCUT2D eigenvalue weighted by molar-refractivity contribution is 5.94. The molecule has 2 heterocycles. The topological polar surface area (TPSA) is 49.0 Å². The van der Waals surface area contributed by atoms with E-state index in [1.807, 2.05) is 60.7 Å². The highest BCUT2D eigenvalue weighted by Crippen LogP contribution is 2.29. The zero-order chi connectivity index (χ0) is 26.1. The molecule has 0 amide bonds. The van der Waals surface area contributed by atoms with Gasteiger partial charge in [0.05, 0.1) is 23.7 Å². The Balaban J connectivity index is 1.54. The van der Waals surface area contributed by atoms with Gasteiger partial charge in [-0.25, -0.2) is 4.98 Å². The van der Waals surface area contributed by atoms with Crippen molar-refractivity contribution in [2.24, 2.45) is 0 Å². The van der Waals surface area contributed by atoms with E-state index in [2.05, 4.69) is 66.1 Å². The van der Waals surface area contributed by atoms with Gasteiger partial charge in [0.25, 0.3) is 5.56 Å². The quantitative estimate of drug-likeness (QED) is 0.252. The third-order valence-electron chi connectivity index (χ3n) is 6.99. The molecule has 0 N–H and O–H groups in total. The molecule has 6 rings (SSSR count). The van der Waals surface area contributed by atoms with Crippen LogP contribution in [0.4, 0.5) is 0 Å². The number of fused-ring (bicyclic) bond motifs is 2. The molecule has 6 aromatic rings. The van der Waals surface area contributed by atoms with E-state index in [1.165, 1.54) is 11.1 Å². The Labute approximate surface area is 220 Å². The first-order valence-electron chi connectivity index (χ1n) is 12.6. The van der Waals surface area contributed by atoms with Gasteiger partial charge in [-0.2, -0.15) is 0 Å². The molecule has 0 saturated heterocycles. The third-order valence-corrected chi connectivity index (χ3v) is 6.99. The molecule has 5 heteroatoms. The van der Waals surface area contributed by atoms with E-state index in [9.17, 15) is 4.79 Å². The van der Waals surface area contributed by atoms with Crippen LogP contribution in [0.5, 0.6) is 5.75 Å². The molecule has 0 atom stereocenters. The van der Waals surface area contributed by atoms with Crippen molar-refractivity contribution in [3.8, 4) is 11.4 Å². The van der Waals surface area contributed by atoms with Crippen molar-refractivity contribution < 1.29 is 4.74 Å². The Kier molecular flexibility index (Phi) is 6.10. The fraction of sp³-hybridized carbons (Fsp3) is 0.0909. The lowest BCUT2D eigenvalue weighted by atomic mass is 10.1. The fourth-order valence-corrected chi connectivity index (χ4v) is 5.10. The number of benzene rings is 4. The van der Waals surface area contributed by atoms with Crippen molar-refractivity contribution in [2.45, 2.75) is 13.5 Å². The second-order valence-corrected chi connectivity index (χ2v) is 9.22. The molecule has 186 valence electrons. The van der Waals surface area contributed by atoms with Gasteiger partial charge < -0.3 is 9.30 Å². The van der Waals surface area contributed by atoms with Crippen molar-refractivity contribution in [1.29, 1.82) is 0 Å². The number of hydrogen-bond acceptors (Lipinski definition) is 3. The lowest BCUT2D eigenvalue weighted by molar-refractivity contribution is 0.412. The summed E-state index contributed by atoms with van der Waals surface area (Å²) in [6.07, 6.45) is 4.00. The van der Waals surface area contributed by atoms with Gasteiger partial charge in [0.1, 0.15) is 11.6 Å². The van der Waals surface area contributed by atoms with Gasteiger partial charge in [0.15, 0.2) is 0 Å². The number of ether oxygens (including phenoxy) is 1. The van der Waals surface area contributed by atoms with Crippen LogP contribution in [0.25, 0.3) is 39.6 Å². The summed E-state index contributed by atoms with van der Waals surface area (Å²) in [7, 11) is 1.61. The molecule has 4 aromatic carbocycles. The van der Waals surface area contributed by atoms with E-state index in [1.54, 1.807) is 11.7 Å². The molecule has 0 aliphatic carbocycles. The van der Waals surface area contributed by atoms with Crippen LogP contribution in [-0.4, -0.2) is 21.2 Å². The van der Waals surface area contributed by atoms with E-state index in [0.717, 1.165) is 23.2 Å². The first kappa shape index (κ1) is 23.5. The highest BCUT2D eigenvalue weighted by Gasteiger charge is 2.16. The number of para-hydroxylation sites is 4. The summed E-state index contributed by atoms with van der Waals surface area (Å²) in [5, 5.41) is 1.72. The number of nitrogens with zero attached hydrogens (tertiary/aromatic N) is 3. The first-order valence-corrected chi connectivity index (χ1v) is 12.6. The zero-order valence-electron chi connectivity index (χ0n) is 21.3. The number of methoxy groups -OCH3 is 1. The fourth-order valence-electron chi connectivity index (χ4n) is 5.10. The van der Waals surface area contributed by atoms with Gasteiger partial charge in [-0.15, -0.1) is 0 Å². The van der Waals surface area contributed by atoms with E-state index < -0.39 is 0 Å². The standard InChI is InChI=1S/C33H27N3O2/c1-23-25(26-14-7-9-17-29(26)35(23)22-24-12-4-3-5-13-24)20-21-32-34-28-16-8-6-15-27(28)33(37)36(32)30-18-10-11-19-31(30)38-2/h3-21H,22H2,1-2H3. The monoisotopic (exact) mass is 497 g/mol. The van der Waals surface area contributed by atoms with Crippen LogP contribution >= 0.6 is 0 Å². The van der Waals surface area contributed by atoms with Crippen LogP contribution in [0.1, 0.15) is 22.6 Å². The summed E-state index contributed by atoms with van der Waals surface area (Å²) in [5.74, 6) is 1.15. The second kappa shape index (κ2) is 9.87. The van der Waals surface area contributed by atoms with Crippen LogP contribution in [0.2, 0.25) is 0 Å². The van der Waals surface area contributed by atoms with Crippen molar-refractivity contribution in [3.63, 3.8) is 0 Å². The minimum atomic E-state index is -0.136. The minimum Gasteiger partial charge on any atom is -0.495 e. The molecule has 0 radical (unpaired) electrons. The van der Waals surface area contributed by atoms with E-state index in [-0.39, 0.29) is 5.56 Å². The van der Waals surface area contributed by atoms with Gasteiger partial charge in [0, 0.05) is 28.7 Å². The predicted octanol–water partition coefficient (Wildman–Crippen LogP) is 6.88. The van der Waals surface area contributed by atoms with Crippen molar-refractivity contribution in [1.82, 2.24) is 14.1 Å². The first-order chi connectivity index (χ1) is 18.7. The molecule has 0 bridgehead atoms. The van der Waals surface area contributed by atoms with Crippen molar-refractivity contribution in [3.05, 3.63) is 136 Å². The predicted molar refractivity (Wildman–Crippen MR) is 155 cm³/mol. The summed E-state index contributed by atoms with van der Waals surface area (Å²) in [5.41, 5.74) is 5.84. The molecule has 0 spiro atoms. The van der Waals surface area contributed by atoms with Gasteiger partial charge in [0.2, 0.25) is 0 Å². The zero-order valence-corrected chi connectivity index (χ0v) is 21.3. The largest absolute Gasteiger partial charge is 0.495 e. The van der Waals surface area contributed by atoms with E-state index in [0.29, 0.717) is 28.2 Å². The summed E-state index contributed by atoms with van der Waals surface area (Å²) in [4.78, 5) is 18.6. The van der Waals surface area contributed by atoms with Crippen LogP contribution < -0.4 is 10.3 Å². The Morgan fingerprint density at radius 3 is 2.29 bits per heavy atom. The third kappa shape index (κ3) is 4.08. The van der Waals surface area contributed by atoms with Gasteiger partial charge in [-0.05, 0) is 55.0 Å². The molecule has 2 aromatic heterocycles. The Morgan fingerprint density at radius 2 is 1.47 bits per heavy atom. The maximum atomic E-state index is 13.7. The average molecular weight is 498 g/mol. The number of hydrogen-bond donors (Lipinski definition) is 0. The summed E-state index contributed by atoms with van der Waals surface area (Å²) in [6.45, 7) is 2.92. The van der Waals surface area contributed by atoms with Crippen LogP contribution in [0.3, 0.4) is 0 Å². The lowest BCUT2D eigenvalue weighted by Crippen LogP contribution is -2.22. The van der Waals surface area contributed by atoms with Crippen molar-refractivity contribution in [2.75, 3.05) is 7.11 Å². The van der Waals surface area contributed by atoms with Gasteiger partial charge >= 0.3 is 0 Å². The molecule has 5 nitrogen and oxygen atoms in total. The highest BCUT2D eigenvalue weighted by atomic mass is 16.5. The summed E-state index contributed by atoms with van der Waals surface area (Å²) in [6, 6.07) is 33.9. The summed E-state index contributed by atoms with van der Waals surface area (Å²) < 4.78 is 9.58. The van der Waals surface area contributed by atoms with Crippen molar-refractivity contribution >= 4 is 34.0 Å². The molecular weight excluding hydrogens is 470 g/mol. The van der Waals surface area contributed by atoms with Gasteiger partial charge in [-0.3, -0.25) is 9.36 Å². The molecular formula is C33H27N3O2. The number of aromatic nitrogens is 3. The van der Waals surface area contributed by atoms with E-state index in [4.69, 9.17) is 9.72 Å².